The van der Waals surface area contributed by atoms with E-state index in [9.17, 15) is 9.59 Å². The summed E-state index contributed by atoms with van der Waals surface area (Å²) in [6.45, 7) is 11.5. The minimum atomic E-state index is -0.0590. The molecule has 3 aromatic heterocycles. The summed E-state index contributed by atoms with van der Waals surface area (Å²) >= 11 is 1.22. The Morgan fingerprint density at radius 1 is 1.28 bits per heavy atom. The van der Waals surface area contributed by atoms with Gasteiger partial charge in [-0.05, 0) is 59.8 Å². The molecule has 0 saturated heterocycles. The van der Waals surface area contributed by atoms with Crippen LogP contribution in [0.5, 0.6) is 0 Å². The third-order valence-electron chi connectivity index (χ3n) is 6.62. The molecule has 3 aromatic rings. The van der Waals surface area contributed by atoms with Crippen LogP contribution in [0.15, 0.2) is 29.2 Å². The van der Waals surface area contributed by atoms with Crippen LogP contribution >= 0.6 is 11.5 Å². The third-order valence-corrected chi connectivity index (χ3v) is 7.37. The van der Waals surface area contributed by atoms with Gasteiger partial charge in [0.25, 0.3) is 5.91 Å². The molecule has 1 N–H and O–H groups in total. The van der Waals surface area contributed by atoms with Crippen molar-refractivity contribution in [3.8, 4) is 0 Å². The molecule has 172 valence electrons. The van der Waals surface area contributed by atoms with Crippen molar-refractivity contribution in [1.29, 1.82) is 0 Å². The highest BCUT2D eigenvalue weighted by Gasteiger charge is 2.38. The molecule has 3 heterocycles. The Morgan fingerprint density at radius 3 is 2.69 bits per heavy atom. The number of rotatable bonds is 4. The van der Waals surface area contributed by atoms with E-state index in [1.165, 1.54) is 11.5 Å². The van der Waals surface area contributed by atoms with Crippen molar-refractivity contribution in [3.05, 3.63) is 45.5 Å². The standard InChI is InChI=1S/C24H33N5O2S/c1-23(2,3)14-29-17-8-7-16(26-20(17)28(6)22(29)31)15-9-11-24(4,5)19(13-15)27-21(30)18-10-12-25-32-18/h7-8,10,12,15,19H,9,11,13-14H2,1-6H3,(H,27,30). The second-order valence-corrected chi connectivity index (χ2v) is 11.8. The normalized spacial score (nSPS) is 21.1. The van der Waals surface area contributed by atoms with Crippen molar-refractivity contribution >= 4 is 28.6 Å². The van der Waals surface area contributed by atoms with Gasteiger partial charge in [0.15, 0.2) is 5.65 Å². The smallest absolute Gasteiger partial charge is 0.330 e. The number of aryl methyl sites for hydroxylation is 1. The molecule has 1 aliphatic carbocycles. The zero-order chi connectivity index (χ0) is 23.3. The lowest BCUT2D eigenvalue weighted by atomic mass is 9.68. The van der Waals surface area contributed by atoms with Crippen molar-refractivity contribution in [3.63, 3.8) is 0 Å². The number of hydrogen-bond acceptors (Lipinski definition) is 5. The molecule has 2 atom stereocenters. The first kappa shape index (κ1) is 22.7. The first-order chi connectivity index (χ1) is 15.0. The average Bonchev–Trinajstić information content (AvgIpc) is 3.33. The monoisotopic (exact) mass is 455 g/mol. The molecule has 0 aromatic carbocycles. The number of pyridine rings is 1. The molecule has 8 heteroatoms. The number of imidazole rings is 1. The first-order valence-corrected chi connectivity index (χ1v) is 12.0. The van der Waals surface area contributed by atoms with Crippen LogP contribution in [0, 0.1) is 10.8 Å². The van der Waals surface area contributed by atoms with Crippen LogP contribution in [0.25, 0.3) is 11.2 Å². The maximum atomic E-state index is 12.9. The minimum absolute atomic E-state index is 0.00381. The number of amides is 1. The summed E-state index contributed by atoms with van der Waals surface area (Å²) in [7, 11) is 1.79. The van der Waals surface area contributed by atoms with E-state index in [0.29, 0.717) is 11.4 Å². The molecule has 32 heavy (non-hydrogen) atoms. The quantitative estimate of drug-likeness (QED) is 0.635. The van der Waals surface area contributed by atoms with Gasteiger partial charge in [-0.15, -0.1) is 0 Å². The van der Waals surface area contributed by atoms with E-state index in [-0.39, 0.29) is 34.4 Å². The summed E-state index contributed by atoms with van der Waals surface area (Å²) in [5.41, 5.74) is 2.57. The van der Waals surface area contributed by atoms with Crippen molar-refractivity contribution in [2.45, 2.75) is 72.4 Å². The lowest BCUT2D eigenvalue weighted by molar-refractivity contribution is 0.0840. The van der Waals surface area contributed by atoms with E-state index in [2.05, 4.69) is 50.4 Å². The number of nitrogens with one attached hydrogen (secondary N) is 1. The molecule has 0 radical (unpaired) electrons. The van der Waals surface area contributed by atoms with Gasteiger partial charge in [0.1, 0.15) is 4.88 Å². The molecule has 0 spiro atoms. The van der Waals surface area contributed by atoms with Gasteiger partial charge in [-0.1, -0.05) is 34.6 Å². The highest BCUT2D eigenvalue weighted by atomic mass is 32.1. The summed E-state index contributed by atoms with van der Waals surface area (Å²) in [6, 6.07) is 5.90. The van der Waals surface area contributed by atoms with E-state index in [0.717, 1.165) is 36.1 Å². The Balaban J connectivity index is 1.61. The number of aromatic nitrogens is 4. The summed E-state index contributed by atoms with van der Waals surface area (Å²) in [6.07, 6.45) is 4.49. The van der Waals surface area contributed by atoms with Crippen LogP contribution in [-0.2, 0) is 13.6 Å². The Morgan fingerprint density at radius 2 is 2.03 bits per heavy atom. The molecule has 1 aliphatic rings. The number of carbonyl (C=O) groups excluding carboxylic acids is 1. The summed E-state index contributed by atoms with van der Waals surface area (Å²) in [5.74, 6) is 0.177. The average molecular weight is 456 g/mol. The molecule has 0 aliphatic heterocycles. The maximum absolute atomic E-state index is 12.9. The van der Waals surface area contributed by atoms with Crippen molar-refractivity contribution < 1.29 is 4.79 Å². The summed E-state index contributed by atoms with van der Waals surface area (Å²) < 4.78 is 7.53. The fraction of sp³-hybridized carbons (Fsp3) is 0.583. The maximum Gasteiger partial charge on any atom is 0.330 e. The number of hydrogen-bond donors (Lipinski definition) is 1. The zero-order valence-electron chi connectivity index (χ0n) is 19.8. The first-order valence-electron chi connectivity index (χ1n) is 11.2. The highest BCUT2D eigenvalue weighted by Crippen LogP contribution is 2.42. The van der Waals surface area contributed by atoms with Crippen LogP contribution in [-0.4, -0.2) is 30.4 Å². The zero-order valence-corrected chi connectivity index (χ0v) is 20.6. The van der Waals surface area contributed by atoms with Crippen LogP contribution in [0.4, 0.5) is 0 Å². The topological polar surface area (TPSA) is 81.8 Å². The summed E-state index contributed by atoms with van der Waals surface area (Å²) in [5, 5.41) is 3.24. The van der Waals surface area contributed by atoms with Gasteiger partial charge in [0.2, 0.25) is 0 Å². The highest BCUT2D eigenvalue weighted by molar-refractivity contribution is 7.08. The largest absolute Gasteiger partial charge is 0.348 e. The van der Waals surface area contributed by atoms with Gasteiger partial charge >= 0.3 is 5.69 Å². The molecular formula is C24H33N5O2S. The number of nitrogens with zero attached hydrogens (tertiary/aromatic N) is 4. The number of fused-ring (bicyclic) bond motifs is 1. The van der Waals surface area contributed by atoms with Crippen molar-refractivity contribution in [2.24, 2.45) is 17.9 Å². The second kappa shape index (κ2) is 8.14. The SMILES string of the molecule is Cn1c(=O)n(CC(C)(C)C)c2ccc(C3CCC(C)(C)C(NC(=O)c4ccns4)C3)nc21. The van der Waals surface area contributed by atoms with Gasteiger partial charge in [-0.25, -0.2) is 14.2 Å². The van der Waals surface area contributed by atoms with Gasteiger partial charge < -0.3 is 5.32 Å². The molecule has 4 rings (SSSR count). The molecule has 7 nitrogen and oxygen atoms in total. The minimum Gasteiger partial charge on any atom is -0.348 e. The molecular weight excluding hydrogens is 422 g/mol. The Kier molecular flexibility index (Phi) is 5.77. The van der Waals surface area contributed by atoms with E-state index in [1.54, 1.807) is 23.9 Å². The Labute approximate surface area is 193 Å². The van der Waals surface area contributed by atoms with Gasteiger partial charge in [0, 0.05) is 37.4 Å². The molecule has 1 fully saturated rings. The van der Waals surface area contributed by atoms with Crippen molar-refractivity contribution in [2.75, 3.05) is 0 Å². The molecule has 1 amide bonds. The van der Waals surface area contributed by atoms with Crippen LogP contribution in [0.2, 0.25) is 0 Å². The van der Waals surface area contributed by atoms with Crippen LogP contribution in [0.3, 0.4) is 0 Å². The van der Waals surface area contributed by atoms with Gasteiger partial charge in [0.05, 0.1) is 5.52 Å². The lowest BCUT2D eigenvalue weighted by Gasteiger charge is -2.42. The number of carbonyl (C=O) groups is 1. The second-order valence-electron chi connectivity index (χ2n) is 10.9. The van der Waals surface area contributed by atoms with E-state index in [1.807, 2.05) is 10.6 Å². The van der Waals surface area contributed by atoms with Crippen molar-refractivity contribution in [1.82, 2.24) is 23.8 Å². The molecule has 2 unspecified atom stereocenters. The van der Waals surface area contributed by atoms with E-state index in [4.69, 9.17) is 4.98 Å². The van der Waals surface area contributed by atoms with Gasteiger partial charge in [-0.2, -0.15) is 0 Å². The lowest BCUT2D eigenvalue weighted by Crippen LogP contribution is -2.48. The van der Waals surface area contributed by atoms with Gasteiger partial charge in [-0.3, -0.25) is 13.9 Å². The summed E-state index contributed by atoms with van der Waals surface area (Å²) in [4.78, 5) is 31.1. The van der Waals surface area contributed by atoms with Crippen LogP contribution < -0.4 is 11.0 Å². The predicted molar refractivity (Wildman–Crippen MR) is 128 cm³/mol. The van der Waals surface area contributed by atoms with E-state index >= 15 is 0 Å². The fourth-order valence-electron chi connectivity index (χ4n) is 4.67. The molecule has 1 saturated carbocycles. The Hall–Kier alpha value is -2.48. The Bertz CT molecular complexity index is 1180. The predicted octanol–water partition coefficient (Wildman–Crippen LogP) is 4.33. The third kappa shape index (κ3) is 4.37. The van der Waals surface area contributed by atoms with Crippen LogP contribution in [0.1, 0.15) is 75.2 Å². The molecule has 0 bridgehead atoms. The fourth-order valence-corrected chi connectivity index (χ4v) is 5.17. The van der Waals surface area contributed by atoms with E-state index < -0.39 is 0 Å².